The van der Waals surface area contributed by atoms with Crippen molar-refractivity contribution in [3.63, 3.8) is 0 Å². The number of hydroxylamine groups is 2. The summed E-state index contributed by atoms with van der Waals surface area (Å²) in [5.74, 6) is 0.0129. The van der Waals surface area contributed by atoms with Crippen molar-refractivity contribution in [1.29, 1.82) is 0 Å². The van der Waals surface area contributed by atoms with Gasteiger partial charge in [-0.3, -0.25) is 4.79 Å². The topological polar surface area (TPSA) is 38.8 Å². The molecule has 0 aromatic heterocycles. The minimum absolute atomic E-state index is 0.0129. The minimum Gasteiger partial charge on any atom is -0.350 e. The van der Waals surface area contributed by atoms with E-state index in [4.69, 9.17) is 9.57 Å². The Bertz CT molecular complexity index is 654. The molecule has 0 N–H and O–H groups in total. The number of nitrogens with zero attached hydrogens (tertiary/aromatic N) is 1. The number of rotatable bonds is 8. The predicted molar refractivity (Wildman–Crippen MR) is 101 cm³/mol. The number of aryl methyl sites for hydroxylation is 1. The molecule has 1 aliphatic heterocycles. The van der Waals surface area contributed by atoms with Gasteiger partial charge in [-0.1, -0.05) is 60.7 Å². The van der Waals surface area contributed by atoms with Crippen LogP contribution in [-0.4, -0.2) is 23.9 Å². The number of benzene rings is 2. The van der Waals surface area contributed by atoms with Gasteiger partial charge in [0.25, 0.3) is 0 Å². The van der Waals surface area contributed by atoms with Gasteiger partial charge in [0.15, 0.2) is 6.29 Å². The fourth-order valence-electron chi connectivity index (χ4n) is 3.08. The average molecular weight is 353 g/mol. The normalized spacial score (nSPS) is 17.0. The zero-order valence-electron chi connectivity index (χ0n) is 15.2. The second-order valence-corrected chi connectivity index (χ2v) is 6.66. The Hall–Kier alpha value is -2.17. The molecule has 0 saturated carbocycles. The molecule has 0 aliphatic carbocycles. The van der Waals surface area contributed by atoms with Crippen LogP contribution in [0.15, 0.2) is 60.7 Å². The lowest BCUT2D eigenvalue weighted by Crippen LogP contribution is -2.37. The Morgan fingerprint density at radius 1 is 1.00 bits per heavy atom. The van der Waals surface area contributed by atoms with Gasteiger partial charge in [-0.15, -0.1) is 0 Å². The van der Waals surface area contributed by atoms with Crippen molar-refractivity contribution in [3.8, 4) is 0 Å². The van der Waals surface area contributed by atoms with Crippen molar-refractivity contribution in [2.75, 3.05) is 6.61 Å². The molecule has 2 aromatic carbocycles. The van der Waals surface area contributed by atoms with E-state index < -0.39 is 0 Å². The predicted octanol–water partition coefficient (Wildman–Crippen LogP) is 4.50. The highest BCUT2D eigenvalue weighted by molar-refractivity contribution is 5.75. The van der Waals surface area contributed by atoms with E-state index in [2.05, 4.69) is 12.1 Å². The molecule has 26 heavy (non-hydrogen) atoms. The third-order valence-corrected chi connectivity index (χ3v) is 4.53. The van der Waals surface area contributed by atoms with Crippen LogP contribution < -0.4 is 0 Å². The maximum Gasteiger partial charge on any atom is 0.246 e. The summed E-state index contributed by atoms with van der Waals surface area (Å²) >= 11 is 0. The van der Waals surface area contributed by atoms with Crippen LogP contribution >= 0.6 is 0 Å². The average Bonchev–Trinajstić information content (AvgIpc) is 2.70. The van der Waals surface area contributed by atoms with Gasteiger partial charge < -0.3 is 4.74 Å². The second-order valence-electron chi connectivity index (χ2n) is 6.66. The number of hydrogen-bond acceptors (Lipinski definition) is 3. The molecule has 1 atom stereocenters. The highest BCUT2D eigenvalue weighted by Crippen LogP contribution is 2.18. The molecule has 1 saturated heterocycles. The summed E-state index contributed by atoms with van der Waals surface area (Å²) in [7, 11) is 0. The SMILES string of the molecule is O=C(CCCc1ccccc1)N(Cc1ccccc1)OC1CCCCO1. The Labute approximate surface area is 155 Å². The van der Waals surface area contributed by atoms with Crippen molar-refractivity contribution >= 4 is 5.91 Å². The third-order valence-electron chi connectivity index (χ3n) is 4.53. The van der Waals surface area contributed by atoms with E-state index in [1.807, 2.05) is 48.5 Å². The maximum absolute atomic E-state index is 12.8. The van der Waals surface area contributed by atoms with Crippen molar-refractivity contribution in [2.45, 2.75) is 51.4 Å². The Morgan fingerprint density at radius 2 is 1.69 bits per heavy atom. The summed E-state index contributed by atoms with van der Waals surface area (Å²) in [5.41, 5.74) is 2.31. The molecule has 4 nitrogen and oxygen atoms in total. The lowest BCUT2D eigenvalue weighted by molar-refractivity contribution is -0.283. The van der Waals surface area contributed by atoms with Crippen molar-refractivity contribution in [3.05, 3.63) is 71.8 Å². The van der Waals surface area contributed by atoms with Crippen LogP contribution in [0, 0.1) is 0 Å². The zero-order valence-corrected chi connectivity index (χ0v) is 15.2. The van der Waals surface area contributed by atoms with Crippen LogP contribution in [-0.2, 0) is 27.3 Å². The number of hydrogen-bond donors (Lipinski definition) is 0. The molecule has 1 amide bonds. The number of ether oxygens (including phenoxy) is 1. The van der Waals surface area contributed by atoms with E-state index in [-0.39, 0.29) is 12.2 Å². The van der Waals surface area contributed by atoms with Crippen LogP contribution in [0.1, 0.15) is 43.2 Å². The van der Waals surface area contributed by atoms with Gasteiger partial charge in [0.2, 0.25) is 5.91 Å². The van der Waals surface area contributed by atoms with Gasteiger partial charge in [-0.05, 0) is 36.8 Å². The number of amides is 1. The van der Waals surface area contributed by atoms with Gasteiger partial charge in [-0.2, -0.15) is 0 Å². The van der Waals surface area contributed by atoms with Gasteiger partial charge in [0.05, 0.1) is 6.54 Å². The van der Waals surface area contributed by atoms with Gasteiger partial charge in [0, 0.05) is 19.4 Å². The summed E-state index contributed by atoms with van der Waals surface area (Å²) in [6.45, 7) is 1.15. The number of carbonyl (C=O) groups is 1. The second kappa shape index (κ2) is 10.1. The highest BCUT2D eigenvalue weighted by Gasteiger charge is 2.22. The van der Waals surface area contributed by atoms with Crippen molar-refractivity contribution < 1.29 is 14.4 Å². The lowest BCUT2D eigenvalue weighted by atomic mass is 10.1. The molecule has 138 valence electrons. The largest absolute Gasteiger partial charge is 0.350 e. The quantitative estimate of drug-likeness (QED) is 0.656. The summed E-state index contributed by atoms with van der Waals surface area (Å²) < 4.78 is 5.65. The maximum atomic E-state index is 12.8. The van der Waals surface area contributed by atoms with Crippen LogP contribution in [0.4, 0.5) is 0 Å². The molecule has 1 unspecified atom stereocenters. The summed E-state index contributed by atoms with van der Waals surface area (Å²) in [6.07, 6.45) is 4.83. The zero-order chi connectivity index (χ0) is 18.0. The molecule has 1 fully saturated rings. The smallest absolute Gasteiger partial charge is 0.246 e. The van der Waals surface area contributed by atoms with Gasteiger partial charge in [0.1, 0.15) is 0 Å². The van der Waals surface area contributed by atoms with E-state index in [1.165, 1.54) is 10.6 Å². The first-order valence-corrected chi connectivity index (χ1v) is 9.48. The van der Waals surface area contributed by atoms with Crippen molar-refractivity contribution in [2.24, 2.45) is 0 Å². The highest BCUT2D eigenvalue weighted by atomic mass is 16.8. The fraction of sp³-hybridized carbons (Fsp3) is 0.409. The Balaban J connectivity index is 1.56. The standard InChI is InChI=1S/C22H27NO3/c24-21(15-9-14-19-10-3-1-4-11-19)23(18-20-12-5-2-6-13-20)26-22-16-7-8-17-25-22/h1-6,10-13,22H,7-9,14-18H2. The van der Waals surface area contributed by atoms with E-state index in [0.29, 0.717) is 19.6 Å². The lowest BCUT2D eigenvalue weighted by Gasteiger charge is -2.29. The van der Waals surface area contributed by atoms with E-state index in [0.717, 1.165) is 37.7 Å². The monoisotopic (exact) mass is 353 g/mol. The molecule has 2 aromatic rings. The molecular formula is C22H27NO3. The third kappa shape index (κ3) is 5.97. The molecule has 1 heterocycles. The summed E-state index contributed by atoms with van der Waals surface area (Å²) in [6, 6.07) is 20.2. The van der Waals surface area contributed by atoms with Crippen LogP contribution in [0.3, 0.4) is 0 Å². The summed E-state index contributed by atoms with van der Waals surface area (Å²) in [4.78, 5) is 18.7. The van der Waals surface area contributed by atoms with Crippen LogP contribution in [0.5, 0.6) is 0 Å². The number of carbonyl (C=O) groups excluding carboxylic acids is 1. The first-order chi connectivity index (χ1) is 12.8. The van der Waals surface area contributed by atoms with Crippen LogP contribution in [0.25, 0.3) is 0 Å². The molecule has 0 bridgehead atoms. The molecule has 1 aliphatic rings. The summed E-state index contributed by atoms with van der Waals surface area (Å²) in [5, 5.41) is 1.50. The molecule has 3 rings (SSSR count). The molecular weight excluding hydrogens is 326 g/mol. The molecule has 0 spiro atoms. The molecule has 0 radical (unpaired) electrons. The minimum atomic E-state index is -0.314. The van der Waals surface area contributed by atoms with E-state index in [1.54, 1.807) is 0 Å². The van der Waals surface area contributed by atoms with Crippen LogP contribution in [0.2, 0.25) is 0 Å². The van der Waals surface area contributed by atoms with E-state index >= 15 is 0 Å². The Kier molecular flexibility index (Phi) is 7.23. The van der Waals surface area contributed by atoms with E-state index in [9.17, 15) is 4.79 Å². The Morgan fingerprint density at radius 3 is 2.35 bits per heavy atom. The fourth-order valence-corrected chi connectivity index (χ4v) is 3.08. The van der Waals surface area contributed by atoms with Gasteiger partial charge >= 0.3 is 0 Å². The first kappa shape index (κ1) is 18.6. The van der Waals surface area contributed by atoms with Crippen molar-refractivity contribution in [1.82, 2.24) is 5.06 Å². The first-order valence-electron chi connectivity index (χ1n) is 9.48. The molecule has 4 heteroatoms. The van der Waals surface area contributed by atoms with Gasteiger partial charge in [-0.25, -0.2) is 9.90 Å².